The topological polar surface area (TPSA) is 70.2 Å². The van der Waals surface area contributed by atoms with Gasteiger partial charge in [-0.3, -0.25) is 9.59 Å². The van der Waals surface area contributed by atoms with E-state index >= 15 is 0 Å². The molecule has 2 N–H and O–H groups in total. The SMILES string of the molecule is CO.O=CC(=O)c1c[nH]c2ccccc12. The Morgan fingerprint density at radius 2 is 2.00 bits per heavy atom. The molecule has 0 aliphatic heterocycles. The van der Waals surface area contributed by atoms with Crippen molar-refractivity contribution in [2.75, 3.05) is 7.11 Å². The van der Waals surface area contributed by atoms with Gasteiger partial charge in [0.1, 0.15) is 0 Å². The summed E-state index contributed by atoms with van der Waals surface area (Å²) < 4.78 is 0. The van der Waals surface area contributed by atoms with Crippen LogP contribution in [0, 0.1) is 0 Å². The molecule has 1 aromatic heterocycles. The minimum Gasteiger partial charge on any atom is -0.400 e. The summed E-state index contributed by atoms with van der Waals surface area (Å²) in [5, 5.41) is 7.79. The first kappa shape index (κ1) is 11.1. The smallest absolute Gasteiger partial charge is 0.227 e. The maximum Gasteiger partial charge on any atom is 0.227 e. The molecule has 0 unspecified atom stereocenters. The molecule has 2 aromatic rings. The molecule has 0 atom stereocenters. The number of Topliss-reactive ketones (excluding diaryl/α,β-unsaturated/α-hetero) is 1. The molecule has 78 valence electrons. The van der Waals surface area contributed by atoms with Gasteiger partial charge in [0, 0.05) is 24.2 Å². The maximum atomic E-state index is 11.1. The van der Waals surface area contributed by atoms with Crippen LogP contribution in [0.1, 0.15) is 10.4 Å². The van der Waals surface area contributed by atoms with Gasteiger partial charge in [-0.15, -0.1) is 0 Å². The molecule has 2 rings (SSSR count). The number of aromatic nitrogens is 1. The lowest BCUT2D eigenvalue weighted by Crippen LogP contribution is -1.97. The van der Waals surface area contributed by atoms with E-state index in [0.29, 0.717) is 11.8 Å². The first-order valence-corrected chi connectivity index (χ1v) is 4.33. The van der Waals surface area contributed by atoms with Crippen LogP contribution in [-0.4, -0.2) is 29.3 Å². The molecule has 0 bridgehead atoms. The van der Waals surface area contributed by atoms with Gasteiger partial charge in [0.25, 0.3) is 0 Å². The minimum absolute atomic E-state index is 0.329. The van der Waals surface area contributed by atoms with Crippen molar-refractivity contribution in [1.82, 2.24) is 4.98 Å². The Morgan fingerprint density at radius 3 is 2.67 bits per heavy atom. The van der Waals surface area contributed by atoms with Crippen LogP contribution in [0.3, 0.4) is 0 Å². The van der Waals surface area contributed by atoms with Crippen molar-refractivity contribution in [1.29, 1.82) is 0 Å². The molecule has 0 fully saturated rings. The highest BCUT2D eigenvalue weighted by Crippen LogP contribution is 2.17. The van der Waals surface area contributed by atoms with E-state index in [1.165, 1.54) is 0 Å². The molecular formula is C11H11NO3. The van der Waals surface area contributed by atoms with Crippen LogP contribution in [0.4, 0.5) is 0 Å². The monoisotopic (exact) mass is 205 g/mol. The molecule has 1 aromatic carbocycles. The Bertz CT molecular complexity index is 473. The number of H-pyrrole nitrogens is 1. The summed E-state index contributed by atoms with van der Waals surface area (Å²) in [4.78, 5) is 24.3. The second-order valence-corrected chi connectivity index (χ2v) is 2.73. The number of rotatable bonds is 2. The number of para-hydroxylation sites is 1. The Labute approximate surface area is 86.5 Å². The first-order valence-electron chi connectivity index (χ1n) is 4.33. The number of aromatic amines is 1. The second-order valence-electron chi connectivity index (χ2n) is 2.73. The Balaban J connectivity index is 0.000000531. The highest BCUT2D eigenvalue weighted by Gasteiger charge is 2.09. The summed E-state index contributed by atoms with van der Waals surface area (Å²) >= 11 is 0. The van der Waals surface area contributed by atoms with Gasteiger partial charge >= 0.3 is 0 Å². The van der Waals surface area contributed by atoms with Crippen molar-refractivity contribution in [2.45, 2.75) is 0 Å². The van der Waals surface area contributed by atoms with E-state index in [1.54, 1.807) is 6.20 Å². The molecule has 4 nitrogen and oxygen atoms in total. The zero-order chi connectivity index (χ0) is 11.3. The summed E-state index contributed by atoms with van der Waals surface area (Å²) in [5.74, 6) is -0.488. The van der Waals surface area contributed by atoms with E-state index in [4.69, 9.17) is 5.11 Å². The predicted octanol–water partition coefficient (Wildman–Crippen LogP) is 1.16. The van der Waals surface area contributed by atoms with Gasteiger partial charge < -0.3 is 10.1 Å². The molecule has 15 heavy (non-hydrogen) atoms. The zero-order valence-corrected chi connectivity index (χ0v) is 8.23. The summed E-state index contributed by atoms with van der Waals surface area (Å²) in [6.07, 6.45) is 1.89. The lowest BCUT2D eigenvalue weighted by atomic mass is 10.1. The van der Waals surface area contributed by atoms with Crippen molar-refractivity contribution in [3.63, 3.8) is 0 Å². The number of ketones is 1. The zero-order valence-electron chi connectivity index (χ0n) is 8.23. The summed E-state index contributed by atoms with van der Waals surface area (Å²) in [6.45, 7) is 0. The van der Waals surface area contributed by atoms with E-state index < -0.39 is 5.78 Å². The van der Waals surface area contributed by atoms with Crippen LogP contribution in [0.2, 0.25) is 0 Å². The van der Waals surface area contributed by atoms with Crippen LogP contribution in [0.15, 0.2) is 30.5 Å². The second kappa shape index (κ2) is 5.07. The van der Waals surface area contributed by atoms with Gasteiger partial charge in [0.15, 0.2) is 6.29 Å². The van der Waals surface area contributed by atoms with E-state index in [-0.39, 0.29) is 0 Å². The molecule has 0 radical (unpaired) electrons. The lowest BCUT2D eigenvalue weighted by Gasteiger charge is -1.89. The minimum atomic E-state index is -0.488. The number of aliphatic hydroxyl groups is 1. The Morgan fingerprint density at radius 1 is 1.33 bits per heavy atom. The van der Waals surface area contributed by atoms with Gasteiger partial charge in [-0.05, 0) is 6.07 Å². The van der Waals surface area contributed by atoms with E-state index in [9.17, 15) is 9.59 Å². The molecule has 0 amide bonds. The Kier molecular flexibility index (Phi) is 3.76. The average Bonchev–Trinajstić information content (AvgIpc) is 2.74. The molecule has 0 saturated carbocycles. The number of fused-ring (bicyclic) bond motifs is 1. The van der Waals surface area contributed by atoms with Crippen LogP contribution >= 0.6 is 0 Å². The van der Waals surface area contributed by atoms with E-state index in [2.05, 4.69) is 4.98 Å². The number of aliphatic hydroxyl groups excluding tert-OH is 1. The lowest BCUT2D eigenvalue weighted by molar-refractivity contribution is -0.104. The molecule has 0 aliphatic rings. The fourth-order valence-corrected chi connectivity index (χ4v) is 1.34. The number of carbonyl (C=O) groups excluding carboxylic acids is 2. The van der Waals surface area contributed by atoms with Crippen molar-refractivity contribution in [3.8, 4) is 0 Å². The average molecular weight is 205 g/mol. The highest BCUT2D eigenvalue weighted by atomic mass is 16.2. The van der Waals surface area contributed by atoms with Crippen molar-refractivity contribution in [2.24, 2.45) is 0 Å². The van der Waals surface area contributed by atoms with Crippen LogP contribution in [0.25, 0.3) is 10.9 Å². The van der Waals surface area contributed by atoms with Gasteiger partial charge in [0.2, 0.25) is 5.78 Å². The molecule has 0 spiro atoms. The molecule has 1 heterocycles. The quantitative estimate of drug-likeness (QED) is 0.439. The third kappa shape index (κ3) is 2.11. The maximum absolute atomic E-state index is 11.1. The largest absolute Gasteiger partial charge is 0.400 e. The number of hydrogen-bond acceptors (Lipinski definition) is 3. The summed E-state index contributed by atoms with van der Waals surface area (Å²) in [7, 11) is 1.00. The highest BCUT2D eigenvalue weighted by molar-refractivity contribution is 6.36. The number of carbonyl (C=O) groups is 2. The molecule has 0 aliphatic carbocycles. The van der Waals surface area contributed by atoms with Gasteiger partial charge in [0.05, 0.1) is 5.56 Å². The van der Waals surface area contributed by atoms with Crippen molar-refractivity contribution < 1.29 is 14.7 Å². The van der Waals surface area contributed by atoms with Gasteiger partial charge in [-0.1, -0.05) is 18.2 Å². The third-order valence-corrected chi connectivity index (χ3v) is 1.96. The molecular weight excluding hydrogens is 194 g/mol. The molecule has 0 saturated heterocycles. The number of nitrogens with one attached hydrogen (secondary N) is 1. The fraction of sp³-hybridized carbons (Fsp3) is 0.0909. The van der Waals surface area contributed by atoms with E-state index in [1.807, 2.05) is 24.3 Å². The summed E-state index contributed by atoms with van der Waals surface area (Å²) in [6, 6.07) is 7.37. The number of benzene rings is 1. The number of aldehydes is 1. The predicted molar refractivity (Wildman–Crippen MR) is 56.8 cm³/mol. The third-order valence-electron chi connectivity index (χ3n) is 1.96. The van der Waals surface area contributed by atoms with Crippen LogP contribution < -0.4 is 0 Å². The normalized spacial score (nSPS) is 9.20. The number of hydrogen-bond donors (Lipinski definition) is 2. The van der Waals surface area contributed by atoms with Gasteiger partial charge in [-0.2, -0.15) is 0 Å². The first-order chi connectivity index (χ1) is 7.33. The van der Waals surface area contributed by atoms with Crippen LogP contribution in [-0.2, 0) is 4.79 Å². The van der Waals surface area contributed by atoms with E-state index in [0.717, 1.165) is 18.0 Å². The van der Waals surface area contributed by atoms with Crippen molar-refractivity contribution in [3.05, 3.63) is 36.0 Å². The van der Waals surface area contributed by atoms with Crippen LogP contribution in [0.5, 0.6) is 0 Å². The summed E-state index contributed by atoms with van der Waals surface area (Å²) in [5.41, 5.74) is 1.30. The van der Waals surface area contributed by atoms with Crippen molar-refractivity contribution >= 4 is 23.0 Å². The standard InChI is InChI=1S/C10H7NO2.CH4O/c12-6-10(13)8-5-11-9-4-2-1-3-7(8)9;1-2/h1-6,11H;2H,1H3. The molecule has 4 heteroatoms. The van der Waals surface area contributed by atoms with Gasteiger partial charge in [-0.25, -0.2) is 0 Å². The fourth-order valence-electron chi connectivity index (χ4n) is 1.34. The Hall–Kier alpha value is -1.94.